The highest BCUT2D eigenvalue weighted by atomic mass is 32.1. The van der Waals surface area contributed by atoms with E-state index in [1.165, 1.54) is 0 Å². The molecule has 0 aromatic carbocycles. The lowest BCUT2D eigenvalue weighted by Crippen LogP contribution is -2.28. The van der Waals surface area contributed by atoms with Crippen LogP contribution in [-0.2, 0) is 9.53 Å². The number of rotatable bonds is 6. The Morgan fingerprint density at radius 1 is 1.56 bits per heavy atom. The third-order valence-electron chi connectivity index (χ3n) is 2.19. The predicted octanol–water partition coefficient (Wildman–Crippen LogP) is 2.10. The lowest BCUT2D eigenvalue weighted by molar-refractivity contribution is -0.154. The Balaban J connectivity index is 2.14. The average molecular weight is 271 g/mol. The SMILES string of the molecule is CC(C)(C)OC(=O)CCNCC(O)c1ccsc1. The Morgan fingerprint density at radius 2 is 2.28 bits per heavy atom. The molecule has 0 fully saturated rings. The summed E-state index contributed by atoms with van der Waals surface area (Å²) >= 11 is 1.56. The summed E-state index contributed by atoms with van der Waals surface area (Å²) in [6, 6.07) is 1.89. The Hall–Kier alpha value is -0.910. The molecule has 5 heteroatoms. The van der Waals surface area contributed by atoms with Crippen LogP contribution >= 0.6 is 11.3 Å². The molecular weight excluding hydrogens is 250 g/mol. The molecule has 0 saturated heterocycles. The molecule has 1 aromatic heterocycles. The van der Waals surface area contributed by atoms with Crippen LogP contribution in [0.2, 0.25) is 0 Å². The second-order valence-electron chi connectivity index (χ2n) is 5.11. The molecule has 4 nitrogen and oxygen atoms in total. The molecule has 1 atom stereocenters. The van der Waals surface area contributed by atoms with Crippen LogP contribution in [0.5, 0.6) is 0 Å². The van der Waals surface area contributed by atoms with Gasteiger partial charge in [0, 0.05) is 13.1 Å². The third-order valence-corrected chi connectivity index (χ3v) is 2.89. The zero-order chi connectivity index (χ0) is 13.6. The lowest BCUT2D eigenvalue weighted by atomic mass is 10.2. The molecule has 0 aliphatic heterocycles. The van der Waals surface area contributed by atoms with Crippen LogP contribution < -0.4 is 5.32 Å². The number of hydrogen-bond donors (Lipinski definition) is 2. The average Bonchev–Trinajstić information content (AvgIpc) is 2.74. The van der Waals surface area contributed by atoms with E-state index in [-0.39, 0.29) is 5.97 Å². The Morgan fingerprint density at radius 3 is 2.83 bits per heavy atom. The maximum atomic E-state index is 11.4. The van der Waals surface area contributed by atoms with Gasteiger partial charge in [-0.1, -0.05) is 0 Å². The van der Waals surface area contributed by atoms with Crippen LogP contribution in [0.25, 0.3) is 0 Å². The first-order valence-electron chi connectivity index (χ1n) is 6.01. The number of ether oxygens (including phenoxy) is 1. The van der Waals surface area contributed by atoms with Crippen molar-refractivity contribution < 1.29 is 14.6 Å². The Bertz CT molecular complexity index is 357. The molecule has 0 saturated carbocycles. The maximum absolute atomic E-state index is 11.4. The van der Waals surface area contributed by atoms with Crippen molar-refractivity contribution >= 4 is 17.3 Å². The number of thiophene rings is 1. The van der Waals surface area contributed by atoms with Crippen molar-refractivity contribution in [1.29, 1.82) is 0 Å². The smallest absolute Gasteiger partial charge is 0.307 e. The van der Waals surface area contributed by atoms with Crippen molar-refractivity contribution in [2.75, 3.05) is 13.1 Å². The predicted molar refractivity (Wildman–Crippen MR) is 72.6 cm³/mol. The Labute approximate surface area is 112 Å². The van der Waals surface area contributed by atoms with E-state index in [1.807, 2.05) is 37.6 Å². The van der Waals surface area contributed by atoms with Crippen LogP contribution in [0.1, 0.15) is 38.9 Å². The third kappa shape index (κ3) is 6.14. The quantitative estimate of drug-likeness (QED) is 0.614. The summed E-state index contributed by atoms with van der Waals surface area (Å²) in [5.74, 6) is -0.222. The zero-order valence-electron chi connectivity index (χ0n) is 11.1. The Kier molecular flexibility index (Phi) is 5.78. The first-order chi connectivity index (χ1) is 8.38. The van der Waals surface area contributed by atoms with Gasteiger partial charge < -0.3 is 15.2 Å². The lowest BCUT2D eigenvalue weighted by Gasteiger charge is -2.19. The summed E-state index contributed by atoms with van der Waals surface area (Å²) in [6.45, 7) is 6.49. The minimum atomic E-state index is -0.519. The van der Waals surface area contributed by atoms with Gasteiger partial charge in [0.2, 0.25) is 0 Å². The number of carbonyl (C=O) groups is 1. The van der Waals surface area contributed by atoms with E-state index >= 15 is 0 Å². The van der Waals surface area contributed by atoms with Crippen LogP contribution in [-0.4, -0.2) is 29.8 Å². The fraction of sp³-hybridized carbons (Fsp3) is 0.615. The van der Waals surface area contributed by atoms with E-state index in [9.17, 15) is 9.90 Å². The molecule has 18 heavy (non-hydrogen) atoms. The summed E-state index contributed by atoms with van der Waals surface area (Å²) in [7, 11) is 0. The number of esters is 1. The monoisotopic (exact) mass is 271 g/mol. The fourth-order valence-electron chi connectivity index (χ4n) is 1.40. The van der Waals surface area contributed by atoms with Crippen LogP contribution in [0.15, 0.2) is 16.8 Å². The highest BCUT2D eigenvalue weighted by Gasteiger charge is 2.15. The number of aliphatic hydroxyl groups excluding tert-OH is 1. The number of hydrogen-bond acceptors (Lipinski definition) is 5. The summed E-state index contributed by atoms with van der Waals surface area (Å²) in [4.78, 5) is 11.4. The van der Waals surface area contributed by atoms with E-state index in [0.29, 0.717) is 19.5 Å². The van der Waals surface area contributed by atoms with E-state index < -0.39 is 11.7 Å². The van der Waals surface area contributed by atoms with Crippen molar-refractivity contribution in [1.82, 2.24) is 5.32 Å². The van der Waals surface area contributed by atoms with Gasteiger partial charge in [-0.25, -0.2) is 0 Å². The van der Waals surface area contributed by atoms with Crippen molar-refractivity contribution in [2.45, 2.75) is 38.9 Å². The van der Waals surface area contributed by atoms with Gasteiger partial charge >= 0.3 is 5.97 Å². The largest absolute Gasteiger partial charge is 0.460 e. The highest BCUT2D eigenvalue weighted by molar-refractivity contribution is 7.07. The van der Waals surface area contributed by atoms with Crippen molar-refractivity contribution in [3.63, 3.8) is 0 Å². The molecule has 2 N–H and O–H groups in total. The topological polar surface area (TPSA) is 58.6 Å². The maximum Gasteiger partial charge on any atom is 0.307 e. The van der Waals surface area contributed by atoms with Crippen molar-refractivity contribution in [2.24, 2.45) is 0 Å². The molecule has 0 amide bonds. The van der Waals surface area contributed by atoms with Crippen LogP contribution in [0, 0.1) is 0 Å². The second kappa shape index (κ2) is 6.87. The van der Waals surface area contributed by atoms with Crippen LogP contribution in [0.3, 0.4) is 0 Å². The molecule has 1 unspecified atom stereocenters. The van der Waals surface area contributed by atoms with Crippen molar-refractivity contribution in [3.05, 3.63) is 22.4 Å². The van der Waals surface area contributed by atoms with E-state index in [4.69, 9.17) is 4.74 Å². The van der Waals surface area contributed by atoms with Gasteiger partial charge in [0.25, 0.3) is 0 Å². The molecule has 0 spiro atoms. The van der Waals surface area contributed by atoms with Gasteiger partial charge in [0.05, 0.1) is 12.5 Å². The van der Waals surface area contributed by atoms with Gasteiger partial charge in [0.1, 0.15) is 5.60 Å². The molecule has 0 radical (unpaired) electrons. The number of nitrogens with one attached hydrogen (secondary N) is 1. The summed E-state index contributed by atoms with van der Waals surface area (Å²) < 4.78 is 5.18. The summed E-state index contributed by atoms with van der Waals surface area (Å²) in [5.41, 5.74) is 0.470. The van der Waals surface area contributed by atoms with Gasteiger partial charge in [-0.05, 0) is 43.2 Å². The molecule has 1 aromatic rings. The van der Waals surface area contributed by atoms with Gasteiger partial charge in [0.15, 0.2) is 0 Å². The minimum Gasteiger partial charge on any atom is -0.460 e. The van der Waals surface area contributed by atoms with E-state index in [1.54, 1.807) is 11.3 Å². The normalized spacial score (nSPS) is 13.3. The number of carbonyl (C=O) groups excluding carboxylic acids is 1. The zero-order valence-corrected chi connectivity index (χ0v) is 11.9. The van der Waals surface area contributed by atoms with Gasteiger partial charge in [-0.2, -0.15) is 11.3 Å². The van der Waals surface area contributed by atoms with Gasteiger partial charge in [-0.3, -0.25) is 4.79 Å². The molecule has 102 valence electrons. The van der Waals surface area contributed by atoms with Crippen LogP contribution in [0.4, 0.5) is 0 Å². The first-order valence-corrected chi connectivity index (χ1v) is 6.95. The fourth-order valence-corrected chi connectivity index (χ4v) is 2.11. The first kappa shape index (κ1) is 15.1. The standard InChI is InChI=1S/C13H21NO3S/c1-13(2,3)17-12(16)4-6-14-8-11(15)10-5-7-18-9-10/h5,7,9,11,14-15H,4,6,8H2,1-3H3. The van der Waals surface area contributed by atoms with Gasteiger partial charge in [-0.15, -0.1) is 0 Å². The van der Waals surface area contributed by atoms with Crippen molar-refractivity contribution in [3.8, 4) is 0 Å². The van der Waals surface area contributed by atoms with E-state index in [0.717, 1.165) is 5.56 Å². The number of aliphatic hydroxyl groups is 1. The van der Waals surface area contributed by atoms with E-state index in [2.05, 4.69) is 5.32 Å². The molecule has 1 rings (SSSR count). The molecule has 1 heterocycles. The molecule has 0 aliphatic carbocycles. The minimum absolute atomic E-state index is 0.222. The molecule has 0 bridgehead atoms. The molecular formula is C13H21NO3S. The highest BCUT2D eigenvalue weighted by Crippen LogP contribution is 2.15. The summed E-state index contributed by atoms with van der Waals surface area (Å²) in [6.07, 6.45) is -0.206. The second-order valence-corrected chi connectivity index (χ2v) is 5.89. The molecule has 0 aliphatic rings. The summed E-state index contributed by atoms with van der Waals surface area (Å²) in [5, 5.41) is 16.7.